The summed E-state index contributed by atoms with van der Waals surface area (Å²) in [7, 11) is 3.28. The molecule has 0 saturated carbocycles. The zero-order valence-corrected chi connectivity index (χ0v) is 41.7. The van der Waals surface area contributed by atoms with Crippen LogP contribution >= 0.6 is 0 Å². The molecule has 70 heavy (non-hydrogen) atoms. The number of amides is 6. The van der Waals surface area contributed by atoms with E-state index in [9.17, 15) is 28.8 Å². The van der Waals surface area contributed by atoms with Crippen molar-refractivity contribution < 1.29 is 38.2 Å². The van der Waals surface area contributed by atoms with Gasteiger partial charge >= 0.3 is 0 Å². The van der Waals surface area contributed by atoms with Crippen LogP contribution in [0.5, 0.6) is 11.5 Å². The fourth-order valence-corrected chi connectivity index (χ4v) is 7.80. The molecule has 0 unspecified atom stereocenters. The summed E-state index contributed by atoms with van der Waals surface area (Å²) in [6.45, 7) is 16.0. The zero-order valence-electron chi connectivity index (χ0n) is 41.7. The molecule has 0 aromatic heterocycles. The van der Waals surface area contributed by atoms with E-state index in [0.29, 0.717) is 118 Å². The summed E-state index contributed by atoms with van der Waals surface area (Å²) in [5.41, 5.74) is 34.9. The number of primary amides is 6. The molecular weight excluding hydrogens is 909 g/mol. The number of hydrogen-bond acceptors (Lipinski definition) is 18. The fraction of sp³-hybridized carbons (Fsp3) is 0.609. The second-order valence-electron chi connectivity index (χ2n) is 16.7. The van der Waals surface area contributed by atoms with Crippen LogP contribution in [0.25, 0.3) is 0 Å². The van der Waals surface area contributed by atoms with E-state index in [2.05, 4.69) is 9.80 Å². The lowest BCUT2D eigenvalue weighted by molar-refractivity contribution is -0.121. The van der Waals surface area contributed by atoms with Gasteiger partial charge in [-0.25, -0.2) is 0 Å². The molecule has 4 rings (SSSR count). The molecule has 2 fully saturated rings. The minimum absolute atomic E-state index is 0.108. The standard InChI is InChI=1S/2C22H37N7O4.C2H6.O2/c2*1-33-19-4-2-3-18(13-19)14-26-5-7-27(15-20(23)30)9-11-29(17-22(25)32)12-10-28(8-6-26)16-21(24)31;2*1-2/h2*2-4,13H,5-12,14-17H2,1H3,(H2,23,30)(H2,24,31)(H2,25,32);1-2H3;. The molecule has 2 aromatic rings. The maximum Gasteiger partial charge on any atom is 0.231 e. The van der Waals surface area contributed by atoms with Crippen LogP contribution in [0, 0.1) is 9.93 Å². The number of methoxy groups -OCH3 is 2. The molecule has 0 radical (unpaired) electrons. The first-order valence-corrected chi connectivity index (χ1v) is 23.4. The minimum Gasteiger partial charge on any atom is -0.497 e. The van der Waals surface area contributed by atoms with E-state index in [1.165, 1.54) is 0 Å². The van der Waals surface area contributed by atoms with Gasteiger partial charge in [-0.05, 0) is 35.4 Å². The van der Waals surface area contributed by atoms with Crippen LogP contribution in [0.1, 0.15) is 25.0 Å². The second kappa shape index (κ2) is 36.1. The third-order valence-electron chi connectivity index (χ3n) is 11.2. The minimum atomic E-state index is -0.422. The largest absolute Gasteiger partial charge is 0.497 e. The van der Waals surface area contributed by atoms with E-state index in [4.69, 9.17) is 53.8 Å². The lowest BCUT2D eigenvalue weighted by Gasteiger charge is -2.33. The lowest BCUT2D eigenvalue weighted by atomic mass is 10.2. The number of hydrogen-bond donors (Lipinski definition) is 6. The van der Waals surface area contributed by atoms with Gasteiger partial charge in [0.25, 0.3) is 0 Å². The summed E-state index contributed by atoms with van der Waals surface area (Å²) in [6.07, 6.45) is 0. The van der Waals surface area contributed by atoms with Gasteiger partial charge in [0.2, 0.25) is 35.4 Å². The van der Waals surface area contributed by atoms with Gasteiger partial charge in [0, 0.05) is 128 Å². The van der Waals surface area contributed by atoms with Gasteiger partial charge in [-0.1, -0.05) is 38.1 Å². The first kappa shape index (κ1) is 62.2. The molecule has 0 atom stereocenters. The molecule has 0 aliphatic carbocycles. The van der Waals surface area contributed by atoms with E-state index in [1.54, 1.807) is 14.2 Å². The number of benzene rings is 2. The highest BCUT2D eigenvalue weighted by Gasteiger charge is 2.22. The highest BCUT2D eigenvalue weighted by atomic mass is 16.7. The molecule has 24 heteroatoms. The Morgan fingerprint density at radius 2 is 0.557 bits per heavy atom. The van der Waals surface area contributed by atoms with Crippen molar-refractivity contribution in [1.82, 2.24) is 39.2 Å². The summed E-state index contributed by atoms with van der Waals surface area (Å²) in [4.78, 5) is 99.9. The number of rotatable bonds is 18. The summed E-state index contributed by atoms with van der Waals surface area (Å²) < 4.78 is 10.7. The van der Waals surface area contributed by atoms with Crippen molar-refractivity contribution in [2.24, 2.45) is 34.4 Å². The molecule has 394 valence electrons. The van der Waals surface area contributed by atoms with Crippen molar-refractivity contribution >= 4 is 35.4 Å². The van der Waals surface area contributed by atoms with E-state index >= 15 is 0 Å². The number of ether oxygens (including phenoxy) is 2. The Morgan fingerprint density at radius 1 is 0.371 bits per heavy atom. The normalized spacial score (nSPS) is 17.3. The summed E-state index contributed by atoms with van der Waals surface area (Å²) in [6, 6.07) is 15.8. The van der Waals surface area contributed by atoms with Crippen molar-refractivity contribution in [3.63, 3.8) is 0 Å². The molecule has 2 aliphatic heterocycles. The smallest absolute Gasteiger partial charge is 0.231 e. The lowest BCUT2D eigenvalue weighted by Crippen LogP contribution is -2.49. The highest BCUT2D eigenvalue weighted by Crippen LogP contribution is 2.16. The Balaban J connectivity index is 0.000000654. The van der Waals surface area contributed by atoms with Crippen molar-refractivity contribution in [1.29, 1.82) is 0 Å². The van der Waals surface area contributed by atoms with Crippen LogP contribution < -0.4 is 43.9 Å². The van der Waals surface area contributed by atoms with Crippen LogP contribution in [-0.4, -0.2) is 233 Å². The van der Waals surface area contributed by atoms with Crippen LogP contribution in [-0.2, 0) is 41.9 Å². The van der Waals surface area contributed by atoms with Crippen molar-refractivity contribution in [3.05, 3.63) is 69.6 Å². The van der Waals surface area contributed by atoms with E-state index in [-0.39, 0.29) is 39.3 Å². The Bertz CT molecular complexity index is 1670. The molecule has 2 saturated heterocycles. The van der Waals surface area contributed by atoms with Gasteiger partial charge in [0.05, 0.1) is 53.5 Å². The summed E-state index contributed by atoms with van der Waals surface area (Å²) in [5.74, 6) is -0.828. The number of nitrogens with zero attached hydrogens (tertiary/aromatic N) is 8. The first-order valence-electron chi connectivity index (χ1n) is 23.4. The predicted octanol–water partition coefficient (Wildman–Crippen LogP) is -3.16. The van der Waals surface area contributed by atoms with Crippen LogP contribution in [0.4, 0.5) is 0 Å². The van der Waals surface area contributed by atoms with Gasteiger partial charge in [0.1, 0.15) is 11.5 Å². The average molecular weight is 989 g/mol. The first-order chi connectivity index (χ1) is 33.5. The third kappa shape index (κ3) is 28.6. The Hall–Kier alpha value is -5.86. The van der Waals surface area contributed by atoms with Gasteiger partial charge in [-0.15, -0.1) is 0 Å². The predicted molar refractivity (Wildman–Crippen MR) is 268 cm³/mol. The number of carbonyl (C=O) groups is 6. The summed E-state index contributed by atoms with van der Waals surface area (Å²) in [5, 5.41) is 0. The highest BCUT2D eigenvalue weighted by molar-refractivity contribution is 5.77. The zero-order chi connectivity index (χ0) is 52.4. The molecule has 0 bridgehead atoms. The van der Waals surface area contributed by atoms with Gasteiger partial charge in [-0.3, -0.25) is 68.0 Å². The van der Waals surface area contributed by atoms with Gasteiger partial charge < -0.3 is 43.9 Å². The van der Waals surface area contributed by atoms with Crippen molar-refractivity contribution in [3.8, 4) is 11.5 Å². The number of nitrogens with two attached hydrogens (primary N) is 6. The Labute approximate surface area is 412 Å². The van der Waals surface area contributed by atoms with Gasteiger partial charge in [-0.2, -0.15) is 0 Å². The quantitative estimate of drug-likeness (QED) is 0.0858. The van der Waals surface area contributed by atoms with Gasteiger partial charge in [0.15, 0.2) is 0 Å². The molecule has 24 nitrogen and oxygen atoms in total. The van der Waals surface area contributed by atoms with E-state index in [0.717, 1.165) is 22.6 Å². The molecule has 12 N–H and O–H groups in total. The molecular formula is C46H80N14O10. The fourth-order valence-electron chi connectivity index (χ4n) is 7.80. The summed E-state index contributed by atoms with van der Waals surface area (Å²) >= 11 is 0. The van der Waals surface area contributed by atoms with E-state index < -0.39 is 35.4 Å². The van der Waals surface area contributed by atoms with Crippen LogP contribution in [0.2, 0.25) is 0 Å². The van der Waals surface area contributed by atoms with Crippen molar-refractivity contribution in [2.75, 3.05) is 158 Å². The molecule has 2 heterocycles. The second-order valence-corrected chi connectivity index (χ2v) is 16.7. The molecule has 2 aliphatic rings. The number of carbonyl (C=O) groups excluding carboxylic acids is 6. The molecule has 6 amide bonds. The third-order valence-corrected chi connectivity index (χ3v) is 11.2. The van der Waals surface area contributed by atoms with Crippen LogP contribution in [0.3, 0.4) is 0 Å². The van der Waals surface area contributed by atoms with Crippen LogP contribution in [0.15, 0.2) is 48.5 Å². The topological polar surface area (TPSA) is 337 Å². The monoisotopic (exact) mass is 989 g/mol. The maximum atomic E-state index is 11.6. The van der Waals surface area contributed by atoms with Crippen molar-refractivity contribution in [2.45, 2.75) is 26.9 Å². The Kier molecular flexibility index (Phi) is 32.1. The maximum absolute atomic E-state index is 11.6. The Morgan fingerprint density at radius 3 is 0.729 bits per heavy atom. The average Bonchev–Trinajstić information content (AvgIpc) is 3.31. The SMILES string of the molecule is CC.COc1cccc(CN2CCN(CC(N)=O)CCN(CC(N)=O)CCN(CC(N)=O)CC2)c1.COc1cccc(CN2CCN(CC(N)=O)CCN(CC(N)=O)CCN(CC(N)=O)CC2)c1.O=O. The molecule has 2 aromatic carbocycles. The van der Waals surface area contributed by atoms with E-state index in [1.807, 2.05) is 91.8 Å². The molecule has 0 spiro atoms.